The summed E-state index contributed by atoms with van der Waals surface area (Å²) in [4.78, 5) is 2.70. The summed E-state index contributed by atoms with van der Waals surface area (Å²) in [7, 11) is 2.12. The molecule has 2 N–H and O–H groups in total. The topological polar surface area (TPSA) is 38.5 Å². The molecule has 0 aliphatic carbocycles. The van der Waals surface area contributed by atoms with Crippen molar-refractivity contribution >= 4 is 17.2 Å². The zero-order chi connectivity index (χ0) is 13.5. The molecule has 0 atom stereocenters. The summed E-state index contributed by atoms with van der Waals surface area (Å²) < 4.78 is 5.69. The maximum Gasteiger partial charge on any atom is 0.119 e. The predicted octanol–water partition coefficient (Wildman–Crippen LogP) is 2.43. The Kier molecular flexibility index (Phi) is 6.09. The molecule has 18 heavy (non-hydrogen) atoms. The van der Waals surface area contributed by atoms with Crippen molar-refractivity contribution in [1.29, 1.82) is 0 Å². The van der Waals surface area contributed by atoms with Crippen molar-refractivity contribution < 1.29 is 4.74 Å². The maximum atomic E-state index is 5.69. The maximum absolute atomic E-state index is 5.69. The molecule has 1 aromatic carbocycles. The SMILES string of the molecule is CC(C)N(C)CCCOc1cccc(C(N)=S)c1. The monoisotopic (exact) mass is 266 g/mol. The quantitative estimate of drug-likeness (QED) is 0.607. The molecule has 1 rings (SSSR count). The van der Waals surface area contributed by atoms with Crippen LogP contribution in [0.15, 0.2) is 24.3 Å². The van der Waals surface area contributed by atoms with E-state index in [1.54, 1.807) is 0 Å². The molecule has 0 fully saturated rings. The fraction of sp³-hybridized carbons (Fsp3) is 0.500. The van der Waals surface area contributed by atoms with Crippen molar-refractivity contribution in [1.82, 2.24) is 4.90 Å². The Morgan fingerprint density at radius 3 is 2.78 bits per heavy atom. The van der Waals surface area contributed by atoms with Gasteiger partial charge < -0.3 is 15.4 Å². The van der Waals surface area contributed by atoms with Crippen LogP contribution in [0.1, 0.15) is 25.8 Å². The van der Waals surface area contributed by atoms with Gasteiger partial charge in [0.1, 0.15) is 10.7 Å². The lowest BCUT2D eigenvalue weighted by molar-refractivity contribution is 0.234. The summed E-state index contributed by atoms with van der Waals surface area (Å²) in [5.41, 5.74) is 6.43. The number of nitrogens with two attached hydrogens (primary N) is 1. The standard InChI is InChI=1S/C14H22N2OS/c1-11(2)16(3)8-5-9-17-13-7-4-6-12(10-13)14(15)18/h4,6-7,10-11H,5,8-9H2,1-3H3,(H2,15,18). The Morgan fingerprint density at radius 2 is 2.17 bits per heavy atom. The highest BCUT2D eigenvalue weighted by molar-refractivity contribution is 7.80. The van der Waals surface area contributed by atoms with Crippen molar-refractivity contribution in [2.75, 3.05) is 20.2 Å². The first-order valence-corrected chi connectivity index (χ1v) is 6.64. The molecular weight excluding hydrogens is 244 g/mol. The van der Waals surface area contributed by atoms with E-state index in [1.165, 1.54) is 0 Å². The molecule has 0 aliphatic heterocycles. The fourth-order valence-corrected chi connectivity index (χ4v) is 1.63. The number of hydrogen-bond acceptors (Lipinski definition) is 3. The van der Waals surface area contributed by atoms with Crippen molar-refractivity contribution in [3.8, 4) is 5.75 Å². The minimum atomic E-state index is 0.403. The molecule has 3 nitrogen and oxygen atoms in total. The van der Waals surface area contributed by atoms with Crippen molar-refractivity contribution in [3.63, 3.8) is 0 Å². The van der Waals surface area contributed by atoms with E-state index in [4.69, 9.17) is 22.7 Å². The molecule has 0 spiro atoms. The molecular formula is C14H22N2OS. The molecule has 0 unspecified atom stereocenters. The van der Waals surface area contributed by atoms with Gasteiger partial charge in [-0.25, -0.2) is 0 Å². The van der Waals surface area contributed by atoms with E-state index in [-0.39, 0.29) is 0 Å². The molecule has 0 heterocycles. The van der Waals surface area contributed by atoms with E-state index < -0.39 is 0 Å². The normalized spacial score (nSPS) is 10.9. The van der Waals surface area contributed by atoms with E-state index in [0.29, 0.717) is 17.6 Å². The van der Waals surface area contributed by atoms with Gasteiger partial charge in [-0.15, -0.1) is 0 Å². The zero-order valence-electron chi connectivity index (χ0n) is 11.3. The van der Waals surface area contributed by atoms with Gasteiger partial charge in [0.15, 0.2) is 0 Å². The Balaban J connectivity index is 2.35. The summed E-state index contributed by atoms with van der Waals surface area (Å²) >= 11 is 4.94. The van der Waals surface area contributed by atoms with Crippen LogP contribution in [0.3, 0.4) is 0 Å². The third-order valence-electron chi connectivity index (χ3n) is 2.92. The number of rotatable bonds is 7. The predicted molar refractivity (Wildman–Crippen MR) is 80.2 cm³/mol. The van der Waals surface area contributed by atoms with Crippen LogP contribution in [0.4, 0.5) is 0 Å². The molecule has 0 aliphatic rings. The van der Waals surface area contributed by atoms with E-state index in [0.717, 1.165) is 24.3 Å². The van der Waals surface area contributed by atoms with Crippen molar-refractivity contribution in [3.05, 3.63) is 29.8 Å². The summed E-state index contributed by atoms with van der Waals surface area (Å²) in [6, 6.07) is 8.18. The van der Waals surface area contributed by atoms with Crippen LogP contribution in [-0.4, -0.2) is 36.1 Å². The van der Waals surface area contributed by atoms with Gasteiger partial charge in [0, 0.05) is 18.2 Å². The lowest BCUT2D eigenvalue weighted by atomic mass is 10.2. The Bertz CT molecular complexity index is 393. The van der Waals surface area contributed by atoms with Crippen LogP contribution in [-0.2, 0) is 0 Å². The highest BCUT2D eigenvalue weighted by Crippen LogP contribution is 2.13. The molecule has 100 valence electrons. The first-order chi connectivity index (χ1) is 8.50. The van der Waals surface area contributed by atoms with Crippen LogP contribution < -0.4 is 10.5 Å². The van der Waals surface area contributed by atoms with Gasteiger partial charge in [-0.2, -0.15) is 0 Å². The zero-order valence-corrected chi connectivity index (χ0v) is 12.2. The average Bonchev–Trinajstić information content (AvgIpc) is 2.34. The van der Waals surface area contributed by atoms with Crippen LogP contribution in [0.5, 0.6) is 5.75 Å². The molecule has 1 aromatic rings. The molecule has 0 saturated carbocycles. The summed E-state index contributed by atoms with van der Waals surface area (Å²) in [6.07, 6.45) is 1.01. The second-order valence-electron chi connectivity index (χ2n) is 4.67. The summed E-state index contributed by atoms with van der Waals surface area (Å²) in [6.45, 7) is 6.11. The average molecular weight is 266 g/mol. The third-order valence-corrected chi connectivity index (χ3v) is 3.16. The van der Waals surface area contributed by atoms with E-state index in [9.17, 15) is 0 Å². The smallest absolute Gasteiger partial charge is 0.119 e. The van der Waals surface area contributed by atoms with Crippen molar-refractivity contribution in [2.24, 2.45) is 5.73 Å². The largest absolute Gasteiger partial charge is 0.494 e. The number of ether oxygens (including phenoxy) is 1. The van der Waals surface area contributed by atoms with E-state index >= 15 is 0 Å². The highest BCUT2D eigenvalue weighted by atomic mass is 32.1. The van der Waals surface area contributed by atoms with Gasteiger partial charge >= 0.3 is 0 Å². The number of hydrogen-bond donors (Lipinski definition) is 1. The van der Waals surface area contributed by atoms with Crippen LogP contribution in [0.25, 0.3) is 0 Å². The van der Waals surface area contributed by atoms with Crippen LogP contribution >= 0.6 is 12.2 Å². The molecule has 0 saturated heterocycles. The minimum Gasteiger partial charge on any atom is -0.494 e. The lowest BCUT2D eigenvalue weighted by Gasteiger charge is -2.20. The van der Waals surface area contributed by atoms with Crippen LogP contribution in [0, 0.1) is 0 Å². The lowest BCUT2D eigenvalue weighted by Crippen LogP contribution is -2.28. The fourth-order valence-electron chi connectivity index (χ4n) is 1.50. The van der Waals surface area contributed by atoms with Gasteiger partial charge in [0.2, 0.25) is 0 Å². The summed E-state index contributed by atoms with van der Waals surface area (Å²) in [5.74, 6) is 0.826. The number of thiocarbonyl (C=S) groups is 1. The molecule has 0 amide bonds. The summed E-state index contributed by atoms with van der Waals surface area (Å²) in [5, 5.41) is 0. The molecule has 0 bridgehead atoms. The number of nitrogens with zero attached hydrogens (tertiary/aromatic N) is 1. The van der Waals surface area contributed by atoms with Gasteiger partial charge in [0.05, 0.1) is 6.61 Å². The second-order valence-corrected chi connectivity index (χ2v) is 5.11. The Hall–Kier alpha value is -1.13. The van der Waals surface area contributed by atoms with Gasteiger partial charge in [0.25, 0.3) is 0 Å². The second kappa shape index (κ2) is 7.34. The van der Waals surface area contributed by atoms with Crippen LogP contribution in [0.2, 0.25) is 0 Å². The molecule has 0 aromatic heterocycles. The Morgan fingerprint density at radius 1 is 1.44 bits per heavy atom. The first kappa shape index (κ1) is 14.9. The van der Waals surface area contributed by atoms with Crippen molar-refractivity contribution in [2.45, 2.75) is 26.3 Å². The van der Waals surface area contributed by atoms with E-state index in [2.05, 4.69) is 25.8 Å². The first-order valence-electron chi connectivity index (χ1n) is 6.23. The van der Waals surface area contributed by atoms with Gasteiger partial charge in [-0.05, 0) is 39.4 Å². The van der Waals surface area contributed by atoms with Gasteiger partial charge in [-0.3, -0.25) is 0 Å². The van der Waals surface area contributed by atoms with Gasteiger partial charge in [-0.1, -0.05) is 24.4 Å². The number of benzene rings is 1. The third kappa shape index (κ3) is 5.02. The van der Waals surface area contributed by atoms with E-state index in [1.807, 2.05) is 24.3 Å². The highest BCUT2D eigenvalue weighted by Gasteiger charge is 2.03. The minimum absolute atomic E-state index is 0.403. The molecule has 4 heteroatoms. The Labute approximate surface area is 115 Å². The molecule has 0 radical (unpaired) electrons.